The van der Waals surface area contributed by atoms with Crippen LogP contribution >= 0.6 is 23.8 Å². The highest BCUT2D eigenvalue weighted by molar-refractivity contribution is 7.80. The molecule has 6 nitrogen and oxygen atoms in total. The van der Waals surface area contributed by atoms with Crippen molar-refractivity contribution in [2.45, 2.75) is 25.8 Å². The predicted molar refractivity (Wildman–Crippen MR) is 117 cm³/mol. The summed E-state index contributed by atoms with van der Waals surface area (Å²) in [5.41, 5.74) is 2.15. The Bertz CT molecular complexity index is 1020. The van der Waals surface area contributed by atoms with Gasteiger partial charge in [0.15, 0.2) is 5.11 Å². The first kappa shape index (κ1) is 19.9. The number of benzene rings is 1. The van der Waals surface area contributed by atoms with E-state index in [1.54, 1.807) is 31.2 Å². The molecule has 1 fully saturated rings. The summed E-state index contributed by atoms with van der Waals surface area (Å²) in [6, 6.07) is 10.6. The minimum absolute atomic E-state index is 0.0685. The number of hydrogen-bond donors (Lipinski definition) is 1. The van der Waals surface area contributed by atoms with Gasteiger partial charge in [0.25, 0.3) is 5.56 Å². The number of carbonyl (C=O) groups is 1. The molecule has 2 bridgehead atoms. The first-order valence-corrected chi connectivity index (χ1v) is 10.5. The number of pyridine rings is 1. The summed E-state index contributed by atoms with van der Waals surface area (Å²) in [6.07, 6.45) is 1.07. The monoisotopic (exact) mass is 431 g/mol. The molecule has 1 aromatic heterocycles. The number of carbonyl (C=O) groups excluding carboxylic acids is 1. The molecule has 1 saturated heterocycles. The lowest BCUT2D eigenvalue weighted by Crippen LogP contribution is -2.50. The van der Waals surface area contributed by atoms with Crippen LogP contribution in [-0.2, 0) is 11.3 Å². The molecule has 0 aliphatic carbocycles. The van der Waals surface area contributed by atoms with Crippen LogP contribution < -0.4 is 10.9 Å². The molecular weight excluding hydrogens is 410 g/mol. The number of fused-ring (bicyclic) bond motifs is 4. The van der Waals surface area contributed by atoms with E-state index in [0.717, 1.165) is 31.7 Å². The Morgan fingerprint density at radius 2 is 2.10 bits per heavy atom. The van der Waals surface area contributed by atoms with Gasteiger partial charge < -0.3 is 19.5 Å². The van der Waals surface area contributed by atoms with Crippen LogP contribution in [0.5, 0.6) is 0 Å². The number of anilines is 1. The second-order valence-corrected chi connectivity index (χ2v) is 8.24. The summed E-state index contributed by atoms with van der Waals surface area (Å²) in [5.74, 6) is 0.194. The zero-order chi connectivity index (χ0) is 20.5. The van der Waals surface area contributed by atoms with Gasteiger partial charge >= 0.3 is 5.97 Å². The zero-order valence-corrected chi connectivity index (χ0v) is 17.6. The van der Waals surface area contributed by atoms with Crippen molar-refractivity contribution < 1.29 is 9.53 Å². The van der Waals surface area contributed by atoms with Crippen molar-refractivity contribution in [3.63, 3.8) is 0 Å². The van der Waals surface area contributed by atoms with E-state index in [9.17, 15) is 9.59 Å². The van der Waals surface area contributed by atoms with Crippen LogP contribution in [0, 0.1) is 5.92 Å². The first-order valence-electron chi connectivity index (χ1n) is 9.68. The molecule has 29 heavy (non-hydrogen) atoms. The molecule has 8 heteroatoms. The van der Waals surface area contributed by atoms with Gasteiger partial charge in [0.2, 0.25) is 0 Å². The number of rotatable bonds is 3. The predicted octanol–water partition coefficient (Wildman–Crippen LogP) is 3.49. The molecule has 0 saturated carbocycles. The van der Waals surface area contributed by atoms with Gasteiger partial charge in [-0.1, -0.05) is 17.7 Å². The second kappa shape index (κ2) is 8.16. The Morgan fingerprint density at radius 1 is 1.28 bits per heavy atom. The largest absolute Gasteiger partial charge is 0.462 e. The zero-order valence-electron chi connectivity index (χ0n) is 16.1. The van der Waals surface area contributed by atoms with Gasteiger partial charge in [0.1, 0.15) is 0 Å². The number of piperidine rings is 1. The normalized spacial score (nSPS) is 20.0. The number of nitrogens with one attached hydrogen (secondary N) is 1. The van der Waals surface area contributed by atoms with Gasteiger partial charge in [-0.2, -0.15) is 0 Å². The Labute approximate surface area is 179 Å². The summed E-state index contributed by atoms with van der Waals surface area (Å²) >= 11 is 11.8. The number of hydrogen-bond acceptors (Lipinski definition) is 4. The van der Waals surface area contributed by atoms with E-state index in [4.69, 9.17) is 28.6 Å². The maximum atomic E-state index is 12.2. The minimum atomic E-state index is -0.457. The Kier molecular flexibility index (Phi) is 5.61. The molecule has 152 valence electrons. The third-order valence-corrected chi connectivity index (χ3v) is 6.17. The molecule has 1 unspecified atom stereocenters. The standard InChI is InChI=1S/C21H22ClN3O3S/c1-2-28-20(27)16-9-15(6-7-17(16)22)23-21(29)24-10-13-8-14(12-24)18-4-3-5-19(26)25(18)11-13/h3-7,9,13-14H,2,8,10-12H2,1H3,(H,23,29)/t13-,14?/m0/s1. The van der Waals surface area contributed by atoms with E-state index in [0.29, 0.717) is 27.3 Å². The SMILES string of the molecule is CCOC(=O)c1cc(NC(=S)N2CC3C[C@@H](C2)Cn2c3cccc2=O)ccc1Cl. The molecule has 1 aromatic carbocycles. The smallest absolute Gasteiger partial charge is 0.339 e. The maximum Gasteiger partial charge on any atom is 0.339 e. The van der Waals surface area contributed by atoms with Crippen LogP contribution in [0.3, 0.4) is 0 Å². The van der Waals surface area contributed by atoms with Crippen LogP contribution in [0.25, 0.3) is 0 Å². The van der Waals surface area contributed by atoms with Crippen LogP contribution in [0.2, 0.25) is 5.02 Å². The van der Waals surface area contributed by atoms with Crippen molar-refractivity contribution in [3.05, 3.63) is 63.0 Å². The van der Waals surface area contributed by atoms with Crippen molar-refractivity contribution in [1.82, 2.24) is 9.47 Å². The molecular formula is C21H22ClN3O3S. The van der Waals surface area contributed by atoms with Crippen molar-refractivity contribution in [2.75, 3.05) is 25.0 Å². The third kappa shape index (κ3) is 4.02. The third-order valence-electron chi connectivity index (χ3n) is 5.48. The highest BCUT2D eigenvalue weighted by atomic mass is 35.5. The van der Waals surface area contributed by atoms with Gasteiger partial charge in [-0.3, -0.25) is 4.79 Å². The van der Waals surface area contributed by atoms with Crippen LogP contribution in [0.1, 0.15) is 35.3 Å². The van der Waals surface area contributed by atoms with E-state index >= 15 is 0 Å². The van der Waals surface area contributed by atoms with Crippen LogP contribution in [0.15, 0.2) is 41.2 Å². The lowest BCUT2D eigenvalue weighted by atomic mass is 9.83. The summed E-state index contributed by atoms with van der Waals surface area (Å²) < 4.78 is 6.96. The molecule has 0 spiro atoms. The molecule has 2 aliphatic heterocycles. The van der Waals surface area contributed by atoms with E-state index in [2.05, 4.69) is 10.2 Å². The second-order valence-electron chi connectivity index (χ2n) is 7.45. The van der Waals surface area contributed by atoms with E-state index in [1.165, 1.54) is 0 Å². The Morgan fingerprint density at radius 3 is 2.90 bits per heavy atom. The molecule has 0 amide bonds. The van der Waals surface area contributed by atoms with Crippen molar-refractivity contribution >= 4 is 40.6 Å². The number of thiocarbonyl (C=S) groups is 1. The topological polar surface area (TPSA) is 63.6 Å². The number of halogens is 1. The van der Waals surface area contributed by atoms with E-state index < -0.39 is 5.97 Å². The summed E-state index contributed by atoms with van der Waals surface area (Å²) in [5, 5.41) is 4.17. The van der Waals surface area contributed by atoms with Gasteiger partial charge in [0.05, 0.1) is 17.2 Å². The lowest BCUT2D eigenvalue weighted by molar-refractivity contribution is 0.0526. The minimum Gasteiger partial charge on any atom is -0.462 e. The fourth-order valence-corrected chi connectivity index (χ4v) is 4.69. The van der Waals surface area contributed by atoms with Gasteiger partial charge in [-0.25, -0.2) is 4.79 Å². The fraction of sp³-hybridized carbons (Fsp3) is 0.381. The first-order chi connectivity index (χ1) is 14.0. The Hall–Kier alpha value is -2.38. The fourth-order valence-electron chi connectivity index (χ4n) is 4.23. The molecule has 2 aromatic rings. The average Bonchev–Trinajstić information content (AvgIpc) is 2.70. The molecule has 2 aliphatic rings. The molecule has 0 radical (unpaired) electrons. The van der Waals surface area contributed by atoms with Gasteiger partial charge in [-0.15, -0.1) is 0 Å². The quantitative estimate of drug-likeness (QED) is 0.592. The van der Waals surface area contributed by atoms with Crippen LogP contribution in [0.4, 0.5) is 5.69 Å². The number of ether oxygens (including phenoxy) is 1. The Balaban J connectivity index is 1.50. The number of aromatic nitrogens is 1. The van der Waals surface area contributed by atoms with E-state index in [1.807, 2.05) is 16.7 Å². The highest BCUT2D eigenvalue weighted by Gasteiger charge is 2.35. The maximum absolute atomic E-state index is 12.2. The molecule has 1 N–H and O–H groups in total. The number of nitrogens with zero attached hydrogens (tertiary/aromatic N) is 2. The molecule has 3 heterocycles. The van der Waals surface area contributed by atoms with Gasteiger partial charge in [0, 0.05) is 43.0 Å². The number of likely N-dealkylation sites (tertiary alicyclic amines) is 1. The van der Waals surface area contributed by atoms with Crippen LogP contribution in [-0.4, -0.2) is 40.2 Å². The molecule has 2 atom stereocenters. The van der Waals surface area contributed by atoms with Crippen molar-refractivity contribution in [3.8, 4) is 0 Å². The van der Waals surface area contributed by atoms with Crippen molar-refractivity contribution in [1.29, 1.82) is 0 Å². The van der Waals surface area contributed by atoms with Crippen molar-refractivity contribution in [2.24, 2.45) is 5.92 Å². The summed E-state index contributed by atoms with van der Waals surface area (Å²) in [7, 11) is 0. The summed E-state index contributed by atoms with van der Waals surface area (Å²) in [4.78, 5) is 26.4. The van der Waals surface area contributed by atoms with E-state index in [-0.39, 0.29) is 18.1 Å². The highest BCUT2D eigenvalue weighted by Crippen LogP contribution is 2.35. The molecule has 4 rings (SSSR count). The average molecular weight is 432 g/mol. The van der Waals surface area contributed by atoms with Gasteiger partial charge in [-0.05, 0) is 55.7 Å². The number of esters is 1. The lowest BCUT2D eigenvalue weighted by Gasteiger charge is -2.43. The summed E-state index contributed by atoms with van der Waals surface area (Å²) in [6.45, 7) is 4.30.